The zero-order valence-electron chi connectivity index (χ0n) is 8.57. The Hall–Kier alpha value is -1.84. The Labute approximate surface area is 87.8 Å². The van der Waals surface area contributed by atoms with Crippen LogP contribution >= 0.6 is 0 Å². The molecule has 0 atom stereocenters. The van der Waals surface area contributed by atoms with Gasteiger partial charge in [0.1, 0.15) is 0 Å². The van der Waals surface area contributed by atoms with Gasteiger partial charge in [-0.15, -0.1) is 0 Å². The summed E-state index contributed by atoms with van der Waals surface area (Å²) < 4.78 is 9.34. The second kappa shape index (κ2) is 5.14. The Balaban J connectivity index is 3.06. The van der Waals surface area contributed by atoms with Gasteiger partial charge in [-0.1, -0.05) is 6.07 Å². The molecule has 1 rings (SSSR count). The molecule has 0 bridgehead atoms. The molecule has 0 spiro atoms. The molecular formula is C11H11O4. The van der Waals surface area contributed by atoms with Gasteiger partial charge in [-0.25, -0.2) is 9.59 Å². The topological polar surface area (TPSA) is 52.6 Å². The Morgan fingerprint density at radius 3 is 2.67 bits per heavy atom. The van der Waals surface area contributed by atoms with E-state index in [1.165, 1.54) is 19.2 Å². The normalized spacial score (nSPS) is 9.47. The first-order valence-corrected chi connectivity index (χ1v) is 4.46. The van der Waals surface area contributed by atoms with Gasteiger partial charge in [0.25, 0.3) is 0 Å². The zero-order chi connectivity index (χ0) is 11.3. The standard InChI is InChI=1S/C11H11O4/c1-3-15-11(13)9-7-5-4-6-8(9)10(12)14-2/h5-7H,3H2,1-2H3. The van der Waals surface area contributed by atoms with E-state index in [1.54, 1.807) is 13.0 Å². The molecule has 0 unspecified atom stereocenters. The maximum atomic E-state index is 11.4. The van der Waals surface area contributed by atoms with Crippen molar-refractivity contribution in [3.8, 4) is 0 Å². The van der Waals surface area contributed by atoms with Gasteiger partial charge in [0.05, 0.1) is 24.8 Å². The van der Waals surface area contributed by atoms with Crippen LogP contribution < -0.4 is 0 Å². The molecule has 0 amide bonds. The number of rotatable bonds is 3. The summed E-state index contributed by atoms with van der Waals surface area (Å²) in [4.78, 5) is 22.7. The smallest absolute Gasteiger partial charge is 0.338 e. The van der Waals surface area contributed by atoms with Crippen LogP contribution in [0.2, 0.25) is 0 Å². The van der Waals surface area contributed by atoms with Crippen molar-refractivity contribution in [1.29, 1.82) is 0 Å². The van der Waals surface area contributed by atoms with Crippen molar-refractivity contribution in [3.05, 3.63) is 35.4 Å². The minimum atomic E-state index is -0.574. The number of hydrogen-bond donors (Lipinski definition) is 0. The van der Waals surface area contributed by atoms with E-state index in [2.05, 4.69) is 10.8 Å². The molecule has 0 aromatic heterocycles. The second-order valence-electron chi connectivity index (χ2n) is 2.68. The van der Waals surface area contributed by atoms with Gasteiger partial charge in [-0.05, 0) is 25.1 Å². The third kappa shape index (κ3) is 2.56. The third-order valence-corrected chi connectivity index (χ3v) is 1.76. The van der Waals surface area contributed by atoms with Gasteiger partial charge in [0, 0.05) is 0 Å². The molecule has 1 aromatic carbocycles. The number of esters is 2. The predicted molar refractivity (Wildman–Crippen MR) is 52.6 cm³/mol. The number of benzene rings is 1. The van der Waals surface area contributed by atoms with E-state index in [0.717, 1.165) is 0 Å². The van der Waals surface area contributed by atoms with Crippen molar-refractivity contribution in [1.82, 2.24) is 0 Å². The average molecular weight is 207 g/mol. The lowest BCUT2D eigenvalue weighted by molar-refractivity contribution is 0.0504. The molecular weight excluding hydrogens is 196 g/mol. The van der Waals surface area contributed by atoms with Gasteiger partial charge in [0.15, 0.2) is 0 Å². The summed E-state index contributed by atoms with van der Waals surface area (Å²) in [7, 11) is 1.25. The van der Waals surface area contributed by atoms with Gasteiger partial charge < -0.3 is 9.47 Å². The van der Waals surface area contributed by atoms with Crippen molar-refractivity contribution >= 4 is 11.9 Å². The van der Waals surface area contributed by atoms with Crippen LogP contribution in [0, 0.1) is 6.07 Å². The van der Waals surface area contributed by atoms with Crippen LogP contribution in [0.3, 0.4) is 0 Å². The van der Waals surface area contributed by atoms with E-state index in [1.807, 2.05) is 0 Å². The highest BCUT2D eigenvalue weighted by Gasteiger charge is 2.17. The summed E-state index contributed by atoms with van der Waals surface area (Å²) in [5, 5.41) is 0. The molecule has 0 N–H and O–H groups in total. The predicted octanol–water partition coefficient (Wildman–Crippen LogP) is 1.45. The molecule has 0 saturated heterocycles. The molecule has 1 radical (unpaired) electrons. The lowest BCUT2D eigenvalue weighted by Crippen LogP contribution is -2.12. The Kier molecular flexibility index (Phi) is 3.85. The summed E-state index contributed by atoms with van der Waals surface area (Å²) in [6, 6.07) is 7.12. The monoisotopic (exact) mass is 207 g/mol. The first kappa shape index (κ1) is 11.2. The van der Waals surface area contributed by atoms with E-state index in [9.17, 15) is 9.59 Å². The molecule has 0 heterocycles. The van der Waals surface area contributed by atoms with Crippen LogP contribution in [0.4, 0.5) is 0 Å². The van der Waals surface area contributed by atoms with Crippen molar-refractivity contribution in [2.24, 2.45) is 0 Å². The molecule has 0 aliphatic carbocycles. The van der Waals surface area contributed by atoms with Crippen LogP contribution in [0.5, 0.6) is 0 Å². The number of hydrogen-bond acceptors (Lipinski definition) is 4. The van der Waals surface area contributed by atoms with Gasteiger partial charge in [-0.3, -0.25) is 0 Å². The lowest BCUT2D eigenvalue weighted by atomic mass is 10.1. The van der Waals surface area contributed by atoms with E-state index < -0.39 is 11.9 Å². The van der Waals surface area contributed by atoms with Crippen LogP contribution in [0.25, 0.3) is 0 Å². The summed E-state index contributed by atoms with van der Waals surface area (Å²) in [5.74, 6) is -1.11. The van der Waals surface area contributed by atoms with E-state index >= 15 is 0 Å². The Bertz CT molecular complexity index is 371. The van der Waals surface area contributed by atoms with Crippen LogP contribution in [-0.2, 0) is 9.47 Å². The Morgan fingerprint density at radius 1 is 1.33 bits per heavy atom. The summed E-state index contributed by atoms with van der Waals surface area (Å²) >= 11 is 0. The highest BCUT2D eigenvalue weighted by molar-refractivity contribution is 6.03. The van der Waals surface area contributed by atoms with Crippen LogP contribution in [-0.4, -0.2) is 25.7 Å². The molecule has 0 saturated carbocycles. The number of carbonyl (C=O) groups excluding carboxylic acids is 2. The molecule has 4 heteroatoms. The Morgan fingerprint density at radius 2 is 2.07 bits per heavy atom. The van der Waals surface area contributed by atoms with E-state index in [0.29, 0.717) is 0 Å². The highest BCUT2D eigenvalue weighted by atomic mass is 16.5. The van der Waals surface area contributed by atoms with Gasteiger partial charge in [0.2, 0.25) is 0 Å². The molecule has 0 aliphatic rings. The quantitative estimate of drug-likeness (QED) is 0.704. The van der Waals surface area contributed by atoms with Crippen LogP contribution in [0.1, 0.15) is 27.6 Å². The summed E-state index contributed by atoms with van der Waals surface area (Å²) in [6.45, 7) is 1.96. The summed E-state index contributed by atoms with van der Waals surface area (Å²) in [6.07, 6.45) is 0. The minimum absolute atomic E-state index is 0.165. The van der Waals surface area contributed by atoms with Crippen molar-refractivity contribution in [2.45, 2.75) is 6.92 Å². The summed E-state index contributed by atoms with van der Waals surface area (Å²) in [5.41, 5.74) is 0.362. The number of ether oxygens (including phenoxy) is 2. The van der Waals surface area contributed by atoms with Crippen LogP contribution in [0.15, 0.2) is 18.2 Å². The van der Waals surface area contributed by atoms with Gasteiger partial charge >= 0.3 is 11.9 Å². The molecule has 1 aromatic rings. The fourth-order valence-corrected chi connectivity index (χ4v) is 1.10. The second-order valence-corrected chi connectivity index (χ2v) is 2.68. The SMILES string of the molecule is CCOC(=O)c1cc[c]cc1C(=O)OC. The van der Waals surface area contributed by atoms with E-state index in [-0.39, 0.29) is 17.7 Å². The average Bonchev–Trinajstić information content (AvgIpc) is 2.28. The van der Waals surface area contributed by atoms with Crippen molar-refractivity contribution < 1.29 is 19.1 Å². The molecule has 0 aliphatic heterocycles. The maximum Gasteiger partial charge on any atom is 0.338 e. The molecule has 79 valence electrons. The number of methoxy groups -OCH3 is 1. The minimum Gasteiger partial charge on any atom is -0.465 e. The molecule has 0 fully saturated rings. The first-order valence-electron chi connectivity index (χ1n) is 4.46. The largest absolute Gasteiger partial charge is 0.465 e. The number of carbonyl (C=O) groups is 2. The molecule has 4 nitrogen and oxygen atoms in total. The highest BCUT2D eigenvalue weighted by Crippen LogP contribution is 2.11. The van der Waals surface area contributed by atoms with Crippen molar-refractivity contribution in [2.75, 3.05) is 13.7 Å². The van der Waals surface area contributed by atoms with E-state index in [4.69, 9.17) is 4.74 Å². The third-order valence-electron chi connectivity index (χ3n) is 1.76. The lowest BCUT2D eigenvalue weighted by Gasteiger charge is -2.06. The fourth-order valence-electron chi connectivity index (χ4n) is 1.10. The molecule has 15 heavy (non-hydrogen) atoms. The van der Waals surface area contributed by atoms with Gasteiger partial charge in [-0.2, -0.15) is 0 Å². The maximum absolute atomic E-state index is 11.4. The van der Waals surface area contributed by atoms with Crippen molar-refractivity contribution in [3.63, 3.8) is 0 Å². The first-order chi connectivity index (χ1) is 7.20. The zero-order valence-corrected chi connectivity index (χ0v) is 8.57. The fraction of sp³-hybridized carbons (Fsp3) is 0.273.